The molecule has 3 aliphatic carbocycles. The molecular weight excluding hydrogens is 256 g/mol. The monoisotopic (exact) mass is 280 g/mol. The van der Waals surface area contributed by atoms with Crippen LogP contribution in [0.2, 0.25) is 0 Å². The van der Waals surface area contributed by atoms with E-state index < -0.39 is 0 Å². The van der Waals surface area contributed by atoms with Crippen LogP contribution in [-0.2, 0) is 6.42 Å². The van der Waals surface area contributed by atoms with E-state index in [-0.39, 0.29) is 0 Å². The summed E-state index contributed by atoms with van der Waals surface area (Å²) in [6, 6.07) is 5.99. The lowest BCUT2D eigenvalue weighted by Gasteiger charge is -2.45. The lowest BCUT2D eigenvalue weighted by Crippen LogP contribution is -2.34. The van der Waals surface area contributed by atoms with E-state index in [1.807, 2.05) is 12.1 Å². The van der Waals surface area contributed by atoms with Crippen molar-refractivity contribution in [3.05, 3.63) is 52.6 Å². The number of phenols is 1. The number of hydrogen-bond acceptors (Lipinski definition) is 1. The largest absolute Gasteiger partial charge is 0.508 e. The number of hydrogen-bond donors (Lipinski definition) is 1. The third-order valence-corrected chi connectivity index (χ3v) is 6.37. The van der Waals surface area contributed by atoms with Crippen molar-refractivity contribution in [2.75, 3.05) is 0 Å². The molecule has 2 saturated carbocycles. The third-order valence-electron chi connectivity index (χ3n) is 6.37. The molecule has 21 heavy (non-hydrogen) atoms. The normalized spacial score (nSPS) is 35.9. The molecular formula is C20H24O. The molecule has 2 unspecified atom stereocenters. The topological polar surface area (TPSA) is 20.2 Å². The van der Waals surface area contributed by atoms with Crippen molar-refractivity contribution in [2.45, 2.75) is 51.9 Å². The molecule has 0 spiro atoms. The third kappa shape index (κ3) is 1.76. The van der Waals surface area contributed by atoms with Gasteiger partial charge in [-0.05, 0) is 73.6 Å². The Labute approximate surface area is 127 Å². The Morgan fingerprint density at radius 1 is 1.29 bits per heavy atom. The number of phenolic OH excluding ortho intramolecular Hbond substituents is 1. The predicted molar refractivity (Wildman–Crippen MR) is 86.5 cm³/mol. The highest BCUT2D eigenvalue weighted by atomic mass is 16.3. The molecule has 3 atom stereocenters. The van der Waals surface area contributed by atoms with E-state index in [2.05, 4.69) is 32.1 Å². The van der Waals surface area contributed by atoms with Crippen LogP contribution in [-0.4, -0.2) is 5.11 Å². The number of fused-ring (bicyclic) bond motifs is 5. The number of rotatable bonds is 0. The highest BCUT2D eigenvalue weighted by Crippen LogP contribution is 2.61. The molecule has 1 nitrogen and oxygen atoms in total. The second-order valence-electron chi connectivity index (χ2n) is 7.21. The summed E-state index contributed by atoms with van der Waals surface area (Å²) in [5.74, 6) is 1.75. The van der Waals surface area contributed by atoms with Gasteiger partial charge < -0.3 is 5.11 Å². The van der Waals surface area contributed by atoms with Crippen molar-refractivity contribution in [3.63, 3.8) is 0 Å². The number of allylic oxidation sites excluding steroid dienone is 4. The Balaban J connectivity index is 1.76. The molecule has 0 heterocycles. The fraction of sp³-hybridized carbons (Fsp3) is 0.500. The standard InChI is InChI=1S/C20H24O/c1-3-14-5-9-19-18-7-4-13-12-15(21)6-8-16(13)17(18)10-11-20(14,19)2/h3,6-8,12,17,19,21H,4-5,9-11H2,1-2H3/t17?,19?,20-/m1/s1. The van der Waals surface area contributed by atoms with Crippen LogP contribution in [0, 0.1) is 11.3 Å². The van der Waals surface area contributed by atoms with Gasteiger partial charge in [-0.15, -0.1) is 0 Å². The van der Waals surface area contributed by atoms with Gasteiger partial charge in [0.2, 0.25) is 0 Å². The molecule has 0 aliphatic heterocycles. The Kier molecular flexibility index (Phi) is 2.82. The van der Waals surface area contributed by atoms with Gasteiger partial charge in [0.25, 0.3) is 0 Å². The van der Waals surface area contributed by atoms with E-state index in [1.165, 1.54) is 36.8 Å². The minimum absolute atomic E-state index is 0.406. The molecule has 110 valence electrons. The first kappa shape index (κ1) is 13.2. The molecule has 0 radical (unpaired) electrons. The molecule has 4 rings (SSSR count). The molecule has 1 aromatic rings. The maximum atomic E-state index is 9.71. The first-order valence-corrected chi connectivity index (χ1v) is 8.31. The van der Waals surface area contributed by atoms with Gasteiger partial charge in [0.15, 0.2) is 0 Å². The van der Waals surface area contributed by atoms with Crippen LogP contribution in [0.1, 0.15) is 56.6 Å². The fourth-order valence-electron chi connectivity index (χ4n) is 5.28. The van der Waals surface area contributed by atoms with Gasteiger partial charge >= 0.3 is 0 Å². The van der Waals surface area contributed by atoms with Gasteiger partial charge in [-0.25, -0.2) is 0 Å². The Bertz CT molecular complexity index is 652. The summed E-state index contributed by atoms with van der Waals surface area (Å²) in [7, 11) is 0. The van der Waals surface area contributed by atoms with Crippen molar-refractivity contribution in [1.29, 1.82) is 0 Å². The minimum atomic E-state index is 0.406. The van der Waals surface area contributed by atoms with Crippen molar-refractivity contribution in [1.82, 2.24) is 0 Å². The smallest absolute Gasteiger partial charge is 0.115 e. The molecule has 3 aliphatic rings. The summed E-state index contributed by atoms with van der Waals surface area (Å²) in [6.07, 6.45) is 11.0. The summed E-state index contributed by atoms with van der Waals surface area (Å²) in [4.78, 5) is 0. The molecule has 0 aromatic heterocycles. The van der Waals surface area contributed by atoms with Crippen LogP contribution in [0.3, 0.4) is 0 Å². The Hall–Kier alpha value is -1.50. The van der Waals surface area contributed by atoms with E-state index in [1.54, 1.807) is 11.1 Å². The molecule has 0 saturated heterocycles. The van der Waals surface area contributed by atoms with E-state index in [0.29, 0.717) is 17.1 Å². The molecule has 1 N–H and O–H groups in total. The predicted octanol–water partition coefficient (Wildman–Crippen LogP) is 5.11. The van der Waals surface area contributed by atoms with E-state index in [0.717, 1.165) is 12.3 Å². The molecule has 1 aromatic carbocycles. The summed E-state index contributed by atoms with van der Waals surface area (Å²) in [6.45, 7) is 4.70. The maximum absolute atomic E-state index is 9.71. The lowest BCUT2D eigenvalue weighted by atomic mass is 9.59. The van der Waals surface area contributed by atoms with Crippen LogP contribution < -0.4 is 0 Å². The van der Waals surface area contributed by atoms with Crippen LogP contribution in [0.25, 0.3) is 0 Å². The Morgan fingerprint density at radius 3 is 2.95 bits per heavy atom. The summed E-state index contributed by atoms with van der Waals surface area (Å²) in [5, 5.41) is 9.71. The van der Waals surface area contributed by atoms with Gasteiger partial charge in [-0.2, -0.15) is 0 Å². The van der Waals surface area contributed by atoms with Gasteiger partial charge in [-0.3, -0.25) is 0 Å². The van der Waals surface area contributed by atoms with Crippen molar-refractivity contribution in [3.8, 4) is 5.75 Å². The highest BCUT2D eigenvalue weighted by molar-refractivity contribution is 5.48. The quantitative estimate of drug-likeness (QED) is 0.654. The van der Waals surface area contributed by atoms with Crippen molar-refractivity contribution in [2.24, 2.45) is 11.3 Å². The second kappa shape index (κ2) is 4.50. The number of benzene rings is 1. The minimum Gasteiger partial charge on any atom is -0.508 e. The lowest BCUT2D eigenvalue weighted by molar-refractivity contribution is 0.229. The van der Waals surface area contributed by atoms with Gasteiger partial charge in [0.1, 0.15) is 5.75 Å². The first-order chi connectivity index (χ1) is 10.1. The average Bonchev–Trinajstić information content (AvgIpc) is 2.83. The molecule has 0 amide bonds. The first-order valence-electron chi connectivity index (χ1n) is 8.31. The van der Waals surface area contributed by atoms with Crippen LogP contribution in [0.5, 0.6) is 5.75 Å². The SMILES string of the molecule is CC=C1CCC2C3=CCc4cc(O)ccc4C3CC[C@]12C. The number of aromatic hydroxyl groups is 1. The maximum Gasteiger partial charge on any atom is 0.115 e. The van der Waals surface area contributed by atoms with Crippen molar-refractivity contribution < 1.29 is 5.11 Å². The highest BCUT2D eigenvalue weighted by Gasteiger charge is 2.49. The second-order valence-corrected chi connectivity index (χ2v) is 7.21. The van der Waals surface area contributed by atoms with Crippen LogP contribution in [0.4, 0.5) is 0 Å². The van der Waals surface area contributed by atoms with Gasteiger partial charge in [-0.1, -0.05) is 36.3 Å². The van der Waals surface area contributed by atoms with Gasteiger partial charge in [0, 0.05) is 5.92 Å². The van der Waals surface area contributed by atoms with Gasteiger partial charge in [0.05, 0.1) is 0 Å². The zero-order valence-corrected chi connectivity index (χ0v) is 13.0. The molecule has 2 fully saturated rings. The van der Waals surface area contributed by atoms with E-state index in [9.17, 15) is 5.11 Å². The van der Waals surface area contributed by atoms with Crippen LogP contribution in [0.15, 0.2) is 41.5 Å². The van der Waals surface area contributed by atoms with Crippen molar-refractivity contribution >= 4 is 0 Å². The Morgan fingerprint density at radius 2 is 2.14 bits per heavy atom. The molecule has 0 bridgehead atoms. The summed E-state index contributed by atoms with van der Waals surface area (Å²) in [5.41, 5.74) is 6.59. The summed E-state index contributed by atoms with van der Waals surface area (Å²) < 4.78 is 0. The zero-order valence-electron chi connectivity index (χ0n) is 13.0. The van der Waals surface area contributed by atoms with E-state index in [4.69, 9.17) is 0 Å². The fourth-order valence-corrected chi connectivity index (χ4v) is 5.28. The van der Waals surface area contributed by atoms with Crippen LogP contribution >= 0.6 is 0 Å². The molecule has 1 heteroatoms. The summed E-state index contributed by atoms with van der Waals surface area (Å²) >= 11 is 0. The van der Waals surface area contributed by atoms with E-state index >= 15 is 0 Å². The zero-order chi connectivity index (χ0) is 14.6. The average molecular weight is 280 g/mol.